The fraction of sp³-hybridized carbons (Fsp3) is 0.875. The summed E-state index contributed by atoms with van der Waals surface area (Å²) in [5, 5.41) is 8.28. The van der Waals surface area contributed by atoms with E-state index < -0.39 is 5.97 Å². The molecule has 0 aliphatic carbocycles. The predicted octanol–water partition coefficient (Wildman–Crippen LogP) is 2.29. The van der Waals surface area contributed by atoms with Gasteiger partial charge in [-0.25, -0.2) is 0 Å². The van der Waals surface area contributed by atoms with Gasteiger partial charge < -0.3 is 5.11 Å². The van der Waals surface area contributed by atoms with Crippen LogP contribution in [0.15, 0.2) is 0 Å². The van der Waals surface area contributed by atoms with Crippen LogP contribution in [0.5, 0.6) is 0 Å². The number of aliphatic carboxylic acids is 1. The molecule has 0 fully saturated rings. The van der Waals surface area contributed by atoms with E-state index in [1.165, 1.54) is 0 Å². The number of carboxylic acid groups (broad SMARTS) is 1. The molecule has 1 N–H and O–H groups in total. The number of unbranched alkanes of at least 4 members (excludes halogenated alkanes) is 1. The number of carbonyl (C=O) groups is 1. The second kappa shape index (κ2) is 8.94. The van der Waals surface area contributed by atoms with Gasteiger partial charge in [-0.1, -0.05) is 26.7 Å². The van der Waals surface area contributed by atoms with E-state index in [4.69, 9.17) is 5.11 Å². The van der Waals surface area contributed by atoms with Crippen LogP contribution in [0.4, 0.5) is 0 Å². The van der Waals surface area contributed by atoms with Crippen LogP contribution in [0.3, 0.4) is 0 Å². The molecule has 0 aliphatic heterocycles. The van der Waals surface area contributed by atoms with Crippen LogP contribution in [0.1, 0.15) is 39.5 Å². The fourth-order valence-electron chi connectivity index (χ4n) is 0.829. The van der Waals surface area contributed by atoms with Crippen LogP contribution in [0.25, 0.3) is 0 Å². The predicted molar refractivity (Wildman–Crippen MR) is 40.9 cm³/mol. The molecule has 11 heavy (non-hydrogen) atoms. The van der Waals surface area contributed by atoms with E-state index in [1.807, 2.05) is 0 Å². The molecule has 2 nitrogen and oxygen atoms in total. The minimum atomic E-state index is -0.677. The number of hydrogen-bond acceptors (Lipinski definition) is 1. The summed E-state index contributed by atoms with van der Waals surface area (Å²) >= 11 is 0. The fourth-order valence-corrected chi connectivity index (χ4v) is 0.829. The quantitative estimate of drug-likeness (QED) is 0.787. The Bertz CT molecular complexity index is 102. The molecule has 0 aromatic heterocycles. The van der Waals surface area contributed by atoms with E-state index in [-0.39, 0.29) is 41.7 Å². The van der Waals surface area contributed by atoms with E-state index in [0.29, 0.717) is 12.3 Å². The summed E-state index contributed by atoms with van der Waals surface area (Å²) in [6.07, 6.45) is 3.34. The minimum absolute atomic E-state index is 0. The molecule has 0 aromatic rings. The summed E-state index contributed by atoms with van der Waals surface area (Å²) in [5.74, 6) is 0.0255. The van der Waals surface area contributed by atoms with Crippen LogP contribution < -0.4 is 0 Å². The Morgan fingerprint density at radius 3 is 2.27 bits per heavy atom. The van der Waals surface area contributed by atoms with Crippen LogP contribution in [-0.4, -0.2) is 11.1 Å². The molecule has 0 radical (unpaired) electrons. The van der Waals surface area contributed by atoms with E-state index in [9.17, 15) is 4.79 Å². The molecule has 0 unspecified atom stereocenters. The summed E-state index contributed by atoms with van der Waals surface area (Å²) in [6, 6.07) is 0. The number of hydrogen-bond donors (Lipinski definition) is 1. The van der Waals surface area contributed by atoms with Gasteiger partial charge in [0, 0.05) is 48.2 Å². The first kappa shape index (κ1) is 14.4. The van der Waals surface area contributed by atoms with Crippen molar-refractivity contribution in [1.29, 1.82) is 0 Å². The van der Waals surface area contributed by atoms with Crippen molar-refractivity contribution in [1.82, 2.24) is 0 Å². The molecule has 3 heteroatoms. The van der Waals surface area contributed by atoms with Gasteiger partial charge in [0.1, 0.15) is 0 Å². The van der Waals surface area contributed by atoms with Gasteiger partial charge in [-0.2, -0.15) is 0 Å². The van der Waals surface area contributed by atoms with Crippen LogP contribution >= 0.6 is 0 Å². The van der Waals surface area contributed by atoms with Gasteiger partial charge in [0.05, 0.1) is 0 Å². The maximum Gasteiger partial charge on any atom is 0.303 e. The summed E-state index contributed by atoms with van der Waals surface area (Å²) < 4.78 is 0. The van der Waals surface area contributed by atoms with Crippen molar-refractivity contribution in [2.45, 2.75) is 39.5 Å². The van der Waals surface area contributed by atoms with E-state index in [0.717, 1.165) is 19.3 Å². The second-order valence-corrected chi connectivity index (χ2v) is 3.03. The van der Waals surface area contributed by atoms with Gasteiger partial charge in [0.25, 0.3) is 0 Å². The first-order valence-electron chi connectivity index (χ1n) is 3.84. The van der Waals surface area contributed by atoms with Crippen molar-refractivity contribution in [2.75, 3.05) is 0 Å². The molecule has 0 rings (SSSR count). The molecule has 0 aliphatic rings. The molecule has 0 aromatic carbocycles. The third kappa shape index (κ3) is 13.8. The normalized spacial score (nSPS) is 9.36. The molecular weight excluding hydrogens is 268 g/mol. The van der Waals surface area contributed by atoms with Gasteiger partial charge in [-0.05, 0) is 12.3 Å². The summed E-state index contributed by atoms with van der Waals surface area (Å²) in [5.41, 5.74) is 0. The molecule has 0 amide bonds. The molecule has 64 valence electrons. The van der Waals surface area contributed by atoms with Crippen molar-refractivity contribution in [3.05, 3.63) is 0 Å². The van der Waals surface area contributed by atoms with Gasteiger partial charge in [-0.15, -0.1) is 0 Å². The molecule has 0 spiro atoms. The largest absolute Gasteiger partial charge is 0.481 e. The van der Waals surface area contributed by atoms with Crippen molar-refractivity contribution >= 4 is 5.97 Å². The number of rotatable bonds is 5. The molecule has 0 bridgehead atoms. The summed E-state index contributed by atoms with van der Waals surface area (Å²) in [4.78, 5) is 10.0. The summed E-state index contributed by atoms with van der Waals surface area (Å²) in [7, 11) is 0. The van der Waals surface area contributed by atoms with Crippen LogP contribution in [-0.2, 0) is 4.79 Å². The van der Waals surface area contributed by atoms with Crippen LogP contribution in [0.2, 0.25) is 0 Å². The standard InChI is InChI=1S/C8H16O2.Ce/c1-7(2)5-3-4-6-8(9)10;/h7H,3-6H2,1-2H3,(H,9,10);. The zero-order valence-corrected chi connectivity index (χ0v) is 10.4. The van der Waals surface area contributed by atoms with Crippen molar-refractivity contribution in [2.24, 2.45) is 5.92 Å². The number of carboxylic acids is 1. The SMILES string of the molecule is CC(C)CCCCC(=O)O.[Ce]. The van der Waals surface area contributed by atoms with Crippen molar-refractivity contribution < 1.29 is 51.6 Å². The topological polar surface area (TPSA) is 37.3 Å². The first-order chi connectivity index (χ1) is 4.63. The molecular formula is C8H16CeO2. The Hall–Kier alpha value is 0.847. The molecule has 0 saturated carbocycles. The van der Waals surface area contributed by atoms with Gasteiger partial charge in [0.15, 0.2) is 0 Å². The maximum atomic E-state index is 10.0. The Labute approximate surface area is 102 Å². The van der Waals surface area contributed by atoms with E-state index in [1.54, 1.807) is 0 Å². The monoisotopic (exact) mass is 284 g/mol. The third-order valence-corrected chi connectivity index (χ3v) is 1.42. The first-order valence-corrected chi connectivity index (χ1v) is 3.84. The minimum Gasteiger partial charge on any atom is -0.481 e. The maximum absolute atomic E-state index is 10.0. The Morgan fingerprint density at radius 1 is 1.36 bits per heavy atom. The zero-order chi connectivity index (χ0) is 7.98. The average Bonchev–Trinajstić information content (AvgIpc) is 1.79. The smallest absolute Gasteiger partial charge is 0.303 e. The Morgan fingerprint density at radius 2 is 1.91 bits per heavy atom. The molecule has 0 saturated heterocycles. The van der Waals surface area contributed by atoms with Gasteiger partial charge in [0.2, 0.25) is 0 Å². The van der Waals surface area contributed by atoms with E-state index >= 15 is 0 Å². The van der Waals surface area contributed by atoms with Gasteiger partial charge in [-0.3, -0.25) is 4.79 Å². The van der Waals surface area contributed by atoms with Crippen molar-refractivity contribution in [3.63, 3.8) is 0 Å². The van der Waals surface area contributed by atoms with Crippen molar-refractivity contribution in [3.8, 4) is 0 Å². The third-order valence-electron chi connectivity index (χ3n) is 1.42. The Balaban J connectivity index is 0. The van der Waals surface area contributed by atoms with Gasteiger partial charge >= 0.3 is 5.97 Å². The average molecular weight is 284 g/mol. The molecule has 0 atom stereocenters. The Kier molecular flexibility index (Phi) is 11.7. The second-order valence-electron chi connectivity index (χ2n) is 3.03. The van der Waals surface area contributed by atoms with Crippen LogP contribution in [0, 0.1) is 47.7 Å². The zero-order valence-electron chi connectivity index (χ0n) is 7.26. The molecule has 0 heterocycles. The summed E-state index contributed by atoms with van der Waals surface area (Å²) in [6.45, 7) is 4.31. The van der Waals surface area contributed by atoms with E-state index in [2.05, 4.69) is 13.8 Å².